The van der Waals surface area contributed by atoms with Crippen LogP contribution in [0.3, 0.4) is 0 Å². The fourth-order valence-corrected chi connectivity index (χ4v) is 5.90. The molecule has 0 atom stereocenters. The van der Waals surface area contributed by atoms with E-state index in [9.17, 15) is 24.9 Å². The SMILES string of the molecule is C=CC1=C(C)c2cc3[n-]c(cc4nc(cc5[n-]c(cc1n2)c(C)c5CC)C(CO)=C4CCC(=O)O)c(CCC(=O)O)c3C.[Fe+2]. The molecule has 10 heteroatoms. The van der Waals surface area contributed by atoms with E-state index < -0.39 is 11.9 Å². The van der Waals surface area contributed by atoms with Crippen molar-refractivity contribution in [3.63, 3.8) is 0 Å². The average Bonchev–Trinajstić information content (AvgIpc) is 3.63. The Morgan fingerprint density at radius 2 is 1.27 bits per heavy atom. The van der Waals surface area contributed by atoms with Crippen LogP contribution in [-0.2, 0) is 39.5 Å². The van der Waals surface area contributed by atoms with E-state index in [-0.39, 0.29) is 49.4 Å². The van der Waals surface area contributed by atoms with Crippen molar-refractivity contribution in [1.29, 1.82) is 0 Å². The molecule has 44 heavy (non-hydrogen) atoms. The zero-order valence-electron chi connectivity index (χ0n) is 25.1. The van der Waals surface area contributed by atoms with Gasteiger partial charge >= 0.3 is 29.0 Å². The van der Waals surface area contributed by atoms with Gasteiger partial charge in [0.05, 0.1) is 29.4 Å². The molecule has 3 aromatic rings. The van der Waals surface area contributed by atoms with Gasteiger partial charge in [-0.05, 0) is 51.2 Å². The zero-order chi connectivity index (χ0) is 31.0. The van der Waals surface area contributed by atoms with Crippen LogP contribution in [0.2, 0.25) is 0 Å². The van der Waals surface area contributed by atoms with E-state index in [4.69, 9.17) is 19.9 Å². The van der Waals surface area contributed by atoms with Crippen molar-refractivity contribution in [2.24, 2.45) is 0 Å². The van der Waals surface area contributed by atoms with E-state index in [2.05, 4.69) is 13.5 Å². The molecular formula is C34H34FeN4O5. The first-order valence-electron chi connectivity index (χ1n) is 14.3. The molecular weight excluding hydrogens is 600 g/mol. The molecule has 3 N–H and O–H groups in total. The molecule has 5 heterocycles. The van der Waals surface area contributed by atoms with Crippen LogP contribution in [0, 0.1) is 13.8 Å². The number of aliphatic carboxylic acids is 2. The number of fused-ring (bicyclic) bond motifs is 8. The van der Waals surface area contributed by atoms with Gasteiger partial charge in [-0.1, -0.05) is 66.1 Å². The third-order valence-electron chi connectivity index (χ3n) is 8.29. The maximum atomic E-state index is 11.6. The van der Waals surface area contributed by atoms with Gasteiger partial charge in [-0.3, -0.25) is 9.59 Å². The van der Waals surface area contributed by atoms with Gasteiger partial charge in [0.15, 0.2) is 0 Å². The molecule has 0 aromatic carbocycles. The Bertz CT molecular complexity index is 1910. The summed E-state index contributed by atoms with van der Waals surface area (Å²) in [4.78, 5) is 42.7. The molecule has 0 fully saturated rings. The number of nitrogens with zero attached hydrogens (tertiary/aromatic N) is 4. The van der Waals surface area contributed by atoms with Crippen molar-refractivity contribution in [3.8, 4) is 0 Å². The first-order valence-corrected chi connectivity index (χ1v) is 14.3. The monoisotopic (exact) mass is 634 g/mol. The molecule has 0 aliphatic carbocycles. The van der Waals surface area contributed by atoms with Crippen LogP contribution in [-0.4, -0.2) is 43.8 Å². The summed E-state index contributed by atoms with van der Waals surface area (Å²) in [7, 11) is 0. The number of allylic oxidation sites excluding steroid dienone is 4. The summed E-state index contributed by atoms with van der Waals surface area (Å²) in [6.45, 7) is 11.7. The van der Waals surface area contributed by atoms with Gasteiger partial charge in [-0.2, -0.15) is 0 Å². The maximum absolute atomic E-state index is 11.6. The zero-order valence-corrected chi connectivity index (χ0v) is 26.2. The Kier molecular flexibility index (Phi) is 9.78. The van der Waals surface area contributed by atoms with Gasteiger partial charge in [0.1, 0.15) is 0 Å². The van der Waals surface area contributed by atoms with Crippen molar-refractivity contribution in [2.75, 3.05) is 6.61 Å². The summed E-state index contributed by atoms with van der Waals surface area (Å²) >= 11 is 0. The molecule has 3 aromatic heterocycles. The Morgan fingerprint density at radius 1 is 0.773 bits per heavy atom. The minimum atomic E-state index is -0.960. The molecule has 2 aliphatic rings. The Morgan fingerprint density at radius 3 is 1.84 bits per heavy atom. The van der Waals surface area contributed by atoms with Crippen molar-refractivity contribution in [1.82, 2.24) is 19.9 Å². The van der Waals surface area contributed by atoms with Gasteiger partial charge in [0, 0.05) is 24.0 Å². The number of aromatic nitrogens is 4. The number of carboxylic acids is 2. The fourth-order valence-electron chi connectivity index (χ4n) is 5.90. The third-order valence-corrected chi connectivity index (χ3v) is 8.29. The van der Waals surface area contributed by atoms with Crippen molar-refractivity contribution in [3.05, 3.63) is 81.9 Å². The summed E-state index contributed by atoms with van der Waals surface area (Å²) < 4.78 is 0. The molecule has 5 rings (SSSR count). The largest absolute Gasteiger partial charge is 2.00 e. The molecule has 0 spiro atoms. The Hall–Kier alpha value is -4.24. The van der Waals surface area contributed by atoms with E-state index in [1.807, 2.05) is 39.0 Å². The van der Waals surface area contributed by atoms with Crippen molar-refractivity contribution >= 4 is 56.3 Å². The van der Waals surface area contributed by atoms with Crippen LogP contribution in [0.5, 0.6) is 0 Å². The second-order valence-electron chi connectivity index (χ2n) is 10.8. The number of carbonyl (C=O) groups is 2. The quantitative estimate of drug-likeness (QED) is 0.254. The van der Waals surface area contributed by atoms with Crippen LogP contribution in [0.25, 0.3) is 44.4 Å². The maximum Gasteiger partial charge on any atom is 2.00 e. The first kappa shape index (κ1) is 32.7. The molecule has 0 amide bonds. The van der Waals surface area contributed by atoms with Gasteiger partial charge in [0.25, 0.3) is 0 Å². The summed E-state index contributed by atoms with van der Waals surface area (Å²) in [5, 5.41) is 29.4. The van der Waals surface area contributed by atoms with Gasteiger partial charge < -0.3 is 25.3 Å². The van der Waals surface area contributed by atoms with Crippen molar-refractivity contribution < 1.29 is 42.0 Å². The summed E-state index contributed by atoms with van der Waals surface area (Å²) in [6.07, 6.45) is 2.72. The van der Waals surface area contributed by atoms with Crippen molar-refractivity contribution in [2.45, 2.75) is 59.8 Å². The number of carboxylic acid groups (broad SMARTS) is 2. The van der Waals surface area contributed by atoms with Crippen LogP contribution >= 0.6 is 0 Å². The third kappa shape index (κ3) is 6.06. The molecule has 228 valence electrons. The normalized spacial score (nSPS) is 12.8. The molecule has 8 bridgehead atoms. The molecule has 2 aliphatic heterocycles. The number of aliphatic hydroxyl groups is 1. The average molecular weight is 635 g/mol. The van der Waals surface area contributed by atoms with Gasteiger partial charge in [0.2, 0.25) is 0 Å². The topological polar surface area (TPSA) is 149 Å². The van der Waals surface area contributed by atoms with Crippen LogP contribution in [0.15, 0.2) is 36.9 Å². The van der Waals surface area contributed by atoms with Crippen LogP contribution in [0.4, 0.5) is 0 Å². The minimum absolute atomic E-state index is 0. The van der Waals surface area contributed by atoms with E-state index in [0.717, 1.165) is 62.2 Å². The minimum Gasteiger partial charge on any atom is -0.657 e. The molecule has 0 saturated carbocycles. The fraction of sp³-hybridized carbons (Fsp3) is 0.294. The number of aliphatic hydroxyl groups excluding tert-OH is 1. The van der Waals surface area contributed by atoms with Gasteiger partial charge in [-0.15, -0.1) is 22.1 Å². The smallest absolute Gasteiger partial charge is 0.657 e. The standard InChI is InChI=1S/C34H36N4O5.Fe/c1-6-20-17(3)25-12-26-19(5)22(8-10-33(40)41)30(37-26)15-31-23(9-11-34(42)43)24(16-39)32(38-31)14-29-21(7-2)18(4)27(36-29)13-28(20)35-25;/h6,12-15,39H,1,7-11,16H2,2-5H3,(H4,35,36,37,38,40,41,42,43);/q;+2/p-2. The van der Waals surface area contributed by atoms with E-state index in [1.165, 1.54) is 0 Å². The van der Waals surface area contributed by atoms with E-state index >= 15 is 0 Å². The number of aryl methyl sites for hydroxylation is 4. The van der Waals surface area contributed by atoms with E-state index in [0.29, 0.717) is 33.6 Å². The number of hydrogen-bond acceptors (Lipinski definition) is 5. The Balaban J connectivity index is 0.00000442. The predicted octanol–water partition coefficient (Wildman–Crippen LogP) is 5.65. The second kappa shape index (κ2) is 13.2. The summed E-state index contributed by atoms with van der Waals surface area (Å²) in [5.41, 5.74) is 11.9. The van der Waals surface area contributed by atoms with Gasteiger partial charge in [-0.25, -0.2) is 9.97 Å². The molecule has 0 unspecified atom stereocenters. The number of rotatable bonds is 9. The first-order chi connectivity index (χ1) is 20.6. The second-order valence-corrected chi connectivity index (χ2v) is 10.8. The molecule has 9 nitrogen and oxygen atoms in total. The van der Waals surface area contributed by atoms with Crippen LogP contribution in [0.1, 0.15) is 78.1 Å². The summed E-state index contributed by atoms with van der Waals surface area (Å²) in [5.74, 6) is -1.88. The molecule has 0 saturated heterocycles. The Labute approximate surface area is 266 Å². The predicted molar refractivity (Wildman–Crippen MR) is 167 cm³/mol. The summed E-state index contributed by atoms with van der Waals surface area (Å²) in [6, 6.07) is 7.48. The number of hydrogen-bond donors (Lipinski definition) is 3. The van der Waals surface area contributed by atoms with E-state index in [1.54, 1.807) is 12.1 Å². The molecule has 0 radical (unpaired) electrons. The van der Waals surface area contributed by atoms with Crippen LogP contribution < -0.4 is 9.97 Å².